The quantitative estimate of drug-likeness (QED) is 0.418. The van der Waals surface area contributed by atoms with Gasteiger partial charge in [-0.1, -0.05) is 19.9 Å². The van der Waals surface area contributed by atoms with Crippen LogP contribution in [0.3, 0.4) is 0 Å². The summed E-state index contributed by atoms with van der Waals surface area (Å²) < 4.78 is 40.4. The number of halogens is 3. The van der Waals surface area contributed by atoms with Crippen molar-refractivity contribution in [2.75, 3.05) is 5.32 Å². The van der Waals surface area contributed by atoms with E-state index in [0.29, 0.717) is 16.9 Å². The minimum Gasteiger partial charge on any atom is -0.340 e. The Labute approximate surface area is 177 Å². The van der Waals surface area contributed by atoms with Crippen LogP contribution >= 0.6 is 0 Å². The fourth-order valence-corrected chi connectivity index (χ4v) is 3.17. The van der Waals surface area contributed by atoms with Crippen molar-refractivity contribution in [3.8, 4) is 11.4 Å². The highest BCUT2D eigenvalue weighted by Gasteiger charge is 2.34. The second-order valence-corrected chi connectivity index (χ2v) is 7.56. The number of hydrogen-bond donors (Lipinski definition) is 1. The van der Waals surface area contributed by atoms with E-state index in [-0.39, 0.29) is 17.3 Å². The first-order valence-corrected chi connectivity index (χ1v) is 9.76. The third-order valence-corrected chi connectivity index (χ3v) is 4.81. The lowest BCUT2D eigenvalue weighted by molar-refractivity contribution is -0.137. The van der Waals surface area contributed by atoms with Crippen LogP contribution in [0.2, 0.25) is 0 Å². The van der Waals surface area contributed by atoms with E-state index < -0.39 is 11.7 Å². The molecule has 0 unspecified atom stereocenters. The molecule has 31 heavy (non-hydrogen) atoms. The number of anilines is 2. The molecule has 0 saturated heterocycles. The smallest absolute Gasteiger partial charge is 0.340 e. The van der Waals surface area contributed by atoms with Gasteiger partial charge in [0.2, 0.25) is 0 Å². The second-order valence-electron chi connectivity index (χ2n) is 7.56. The monoisotopic (exact) mass is 423 g/mol. The van der Waals surface area contributed by atoms with Gasteiger partial charge in [0.15, 0.2) is 5.65 Å². The molecule has 8 heteroatoms. The predicted molar refractivity (Wildman–Crippen MR) is 114 cm³/mol. The fourth-order valence-electron chi connectivity index (χ4n) is 3.17. The van der Waals surface area contributed by atoms with Crippen LogP contribution in [0.4, 0.5) is 24.7 Å². The fraction of sp³-hybridized carbons (Fsp3) is 0.217. The van der Waals surface area contributed by atoms with Crippen LogP contribution in [0.5, 0.6) is 0 Å². The first-order valence-electron chi connectivity index (χ1n) is 9.76. The molecule has 0 aliphatic heterocycles. The molecule has 0 aliphatic carbocycles. The van der Waals surface area contributed by atoms with E-state index in [9.17, 15) is 13.2 Å². The van der Waals surface area contributed by atoms with Crippen molar-refractivity contribution in [2.45, 2.75) is 32.9 Å². The highest BCUT2D eigenvalue weighted by Crippen LogP contribution is 2.36. The van der Waals surface area contributed by atoms with Crippen molar-refractivity contribution in [3.05, 3.63) is 71.7 Å². The molecule has 0 radical (unpaired) electrons. The third-order valence-electron chi connectivity index (χ3n) is 4.81. The summed E-state index contributed by atoms with van der Waals surface area (Å²) in [5.74, 6) is 0.753. The topological polar surface area (TPSA) is 63.6 Å². The first kappa shape index (κ1) is 20.7. The molecule has 0 amide bonds. The maximum Gasteiger partial charge on any atom is 0.418 e. The molecule has 0 spiro atoms. The molecule has 0 aliphatic rings. The SMILES string of the molecule is Cc1ccc(Nc2cc(C(C)C)nc3nc(-c4ncccc4C(F)(F)F)ccc23)nc1. The predicted octanol–water partition coefficient (Wildman–Crippen LogP) is 6.28. The second kappa shape index (κ2) is 7.94. The van der Waals surface area contributed by atoms with Crippen LogP contribution < -0.4 is 5.32 Å². The maximum atomic E-state index is 13.5. The average Bonchev–Trinajstić information content (AvgIpc) is 2.74. The van der Waals surface area contributed by atoms with Crippen molar-refractivity contribution < 1.29 is 13.2 Å². The van der Waals surface area contributed by atoms with Crippen molar-refractivity contribution in [2.24, 2.45) is 0 Å². The van der Waals surface area contributed by atoms with Crippen LogP contribution in [-0.4, -0.2) is 19.9 Å². The lowest BCUT2D eigenvalue weighted by Crippen LogP contribution is -2.09. The van der Waals surface area contributed by atoms with Crippen molar-refractivity contribution in [1.29, 1.82) is 0 Å². The number of pyridine rings is 4. The number of rotatable bonds is 4. The van der Waals surface area contributed by atoms with E-state index in [1.165, 1.54) is 18.3 Å². The summed E-state index contributed by atoms with van der Waals surface area (Å²) in [5, 5.41) is 3.96. The molecule has 5 nitrogen and oxygen atoms in total. The summed E-state index contributed by atoms with van der Waals surface area (Å²) >= 11 is 0. The molecule has 0 fully saturated rings. The van der Waals surface area contributed by atoms with E-state index in [1.54, 1.807) is 12.3 Å². The number of nitrogens with one attached hydrogen (secondary N) is 1. The van der Waals surface area contributed by atoms with E-state index >= 15 is 0 Å². The Bertz CT molecular complexity index is 1230. The highest BCUT2D eigenvalue weighted by atomic mass is 19.4. The van der Waals surface area contributed by atoms with Gasteiger partial charge in [0, 0.05) is 23.5 Å². The van der Waals surface area contributed by atoms with Gasteiger partial charge in [-0.3, -0.25) is 4.98 Å². The maximum absolute atomic E-state index is 13.5. The van der Waals surface area contributed by atoms with Gasteiger partial charge in [0.25, 0.3) is 0 Å². The summed E-state index contributed by atoms with van der Waals surface area (Å²) in [6.45, 7) is 5.94. The molecule has 0 atom stereocenters. The molecule has 4 rings (SSSR count). The normalized spacial score (nSPS) is 11.8. The molecular formula is C23H20F3N5. The highest BCUT2D eigenvalue weighted by molar-refractivity contribution is 5.92. The summed E-state index contributed by atoms with van der Waals surface area (Å²) in [5.41, 5.74) is 1.96. The Hall–Kier alpha value is -3.55. The van der Waals surface area contributed by atoms with Crippen LogP contribution in [0.15, 0.2) is 54.9 Å². The molecule has 0 saturated carbocycles. The number of nitrogens with zero attached hydrogens (tertiary/aromatic N) is 4. The van der Waals surface area contributed by atoms with Crippen molar-refractivity contribution >= 4 is 22.5 Å². The Morgan fingerprint density at radius 3 is 2.45 bits per heavy atom. The molecule has 0 aromatic carbocycles. The van der Waals surface area contributed by atoms with E-state index in [1.807, 2.05) is 39.0 Å². The minimum absolute atomic E-state index is 0.0990. The zero-order valence-corrected chi connectivity index (χ0v) is 17.2. The van der Waals surface area contributed by atoms with Crippen LogP contribution in [0.1, 0.15) is 36.6 Å². The number of aromatic nitrogens is 4. The number of aryl methyl sites for hydroxylation is 1. The summed E-state index contributed by atoms with van der Waals surface area (Å²) in [4.78, 5) is 17.3. The van der Waals surface area contributed by atoms with Crippen LogP contribution in [0.25, 0.3) is 22.4 Å². The minimum atomic E-state index is -4.53. The molecule has 0 bridgehead atoms. The zero-order valence-electron chi connectivity index (χ0n) is 17.2. The summed E-state index contributed by atoms with van der Waals surface area (Å²) in [7, 11) is 0. The Balaban J connectivity index is 1.86. The van der Waals surface area contributed by atoms with Gasteiger partial charge >= 0.3 is 6.18 Å². The van der Waals surface area contributed by atoms with E-state index in [4.69, 9.17) is 0 Å². The number of hydrogen-bond acceptors (Lipinski definition) is 5. The van der Waals surface area contributed by atoms with Gasteiger partial charge in [-0.15, -0.1) is 0 Å². The zero-order chi connectivity index (χ0) is 22.2. The third kappa shape index (κ3) is 4.33. The van der Waals surface area contributed by atoms with Gasteiger partial charge in [0.05, 0.1) is 16.9 Å². The average molecular weight is 423 g/mol. The molecule has 4 aromatic heterocycles. The number of fused-ring (bicyclic) bond motifs is 1. The van der Waals surface area contributed by atoms with E-state index in [2.05, 4.69) is 25.3 Å². The Morgan fingerprint density at radius 2 is 1.77 bits per heavy atom. The summed E-state index contributed by atoms with van der Waals surface area (Å²) in [6, 6.07) is 11.2. The van der Waals surface area contributed by atoms with Crippen molar-refractivity contribution in [3.63, 3.8) is 0 Å². The van der Waals surface area contributed by atoms with Crippen LogP contribution in [-0.2, 0) is 6.18 Å². The van der Waals surface area contributed by atoms with Gasteiger partial charge in [-0.05, 0) is 54.8 Å². The van der Waals surface area contributed by atoms with Gasteiger partial charge in [-0.2, -0.15) is 13.2 Å². The lowest BCUT2D eigenvalue weighted by Gasteiger charge is -2.15. The Morgan fingerprint density at radius 1 is 0.968 bits per heavy atom. The molecule has 1 N–H and O–H groups in total. The standard InChI is InChI=1S/C23H20F3N5/c1-13(2)18-11-19(29-20-9-6-14(3)12-28-20)15-7-8-17(30-22(15)31-18)21-16(23(24,25)26)5-4-10-27-21/h4-13H,1-3H3,(H,28,29,30,31). The molecule has 4 heterocycles. The first-order chi connectivity index (χ1) is 14.7. The molecule has 158 valence electrons. The van der Waals surface area contributed by atoms with Gasteiger partial charge in [-0.25, -0.2) is 15.0 Å². The van der Waals surface area contributed by atoms with Crippen molar-refractivity contribution in [1.82, 2.24) is 19.9 Å². The van der Waals surface area contributed by atoms with Gasteiger partial charge in [0.1, 0.15) is 11.5 Å². The summed E-state index contributed by atoms with van der Waals surface area (Å²) in [6.07, 6.45) is -1.45. The van der Waals surface area contributed by atoms with Gasteiger partial charge < -0.3 is 5.32 Å². The van der Waals surface area contributed by atoms with Crippen LogP contribution in [0, 0.1) is 6.92 Å². The lowest BCUT2D eigenvalue weighted by atomic mass is 10.1. The largest absolute Gasteiger partial charge is 0.418 e. The molecular weight excluding hydrogens is 403 g/mol. The van der Waals surface area contributed by atoms with E-state index in [0.717, 1.165) is 23.0 Å². The Kier molecular flexibility index (Phi) is 5.31. The number of alkyl halides is 3. The molecule has 4 aromatic rings.